The summed E-state index contributed by atoms with van der Waals surface area (Å²) in [7, 11) is 1.68. The fourth-order valence-corrected chi connectivity index (χ4v) is 15.5. The maximum atomic E-state index is 11.9. The van der Waals surface area contributed by atoms with E-state index in [2.05, 4.69) is 142 Å². The molecule has 534 valence electrons. The van der Waals surface area contributed by atoms with Gasteiger partial charge in [0.05, 0.1) is 26.2 Å². The molecule has 0 radical (unpaired) electrons. The molecule has 3 N–H and O–H groups in total. The fourth-order valence-electron chi connectivity index (χ4n) is 13.7. The zero-order valence-electron chi connectivity index (χ0n) is 57.3. The summed E-state index contributed by atoms with van der Waals surface area (Å²) in [6.07, 6.45) is 2.80. The number of benzene rings is 10. The first-order valence-electron chi connectivity index (χ1n) is 34.1. The van der Waals surface area contributed by atoms with E-state index in [1.165, 1.54) is 33.0 Å². The molecule has 20 heteroatoms. The van der Waals surface area contributed by atoms with Crippen molar-refractivity contribution in [2.75, 3.05) is 13.7 Å². The molecule has 6 aliphatic rings. The SMILES string of the molecule is CCOC(=O)[C@H]1[C@@H]2Oc3cc(OCc4cccc(I)c4)ccc3[C@@H]21.COc1cc(C)c(-c2cccc(COc3ccc4c(c3)O[C@H]3[C@H](C(=O)O)[C@@H]43)c2)c(C)c1.Ic1cccc(COc2ccc3ccoc3c2)c1.O=C(O)[C@H]1[C@@H]2Oc3cc(OCc4cccc(I)c4)ccc3[C@@H]21.Oc1ccc2ccoc2c1. The van der Waals surface area contributed by atoms with Crippen molar-refractivity contribution in [2.45, 2.75) is 83.3 Å². The Morgan fingerprint density at radius 2 is 0.819 bits per heavy atom. The first kappa shape index (κ1) is 72.0. The number of esters is 1. The lowest BCUT2D eigenvalue weighted by atomic mass is 9.94. The van der Waals surface area contributed by atoms with Crippen molar-refractivity contribution < 1.29 is 81.2 Å². The summed E-state index contributed by atoms with van der Waals surface area (Å²) in [6.45, 7) is 8.45. The number of carbonyl (C=O) groups excluding carboxylic acids is 1. The summed E-state index contributed by atoms with van der Waals surface area (Å²) in [5.74, 6) is 3.97. The molecule has 0 amide bonds. The monoisotopic (exact) mass is 1740 g/mol. The van der Waals surface area contributed by atoms with E-state index >= 15 is 0 Å². The average molecular weight is 1750 g/mol. The molecule has 0 spiro atoms. The van der Waals surface area contributed by atoms with Crippen LogP contribution >= 0.6 is 67.8 Å². The Bertz CT molecular complexity index is 5180. The Hall–Kier alpha value is -9.92. The molecule has 9 atom stereocenters. The van der Waals surface area contributed by atoms with E-state index in [-0.39, 0.29) is 59.6 Å². The number of aryl methyl sites for hydroxylation is 2. The average Bonchev–Trinajstić information content (AvgIpc) is 1.57. The molecule has 5 heterocycles. The fraction of sp³-hybridized carbons (Fsp3) is 0.212. The topological polar surface area (TPSA) is 221 Å². The Morgan fingerprint density at radius 3 is 1.25 bits per heavy atom. The number of phenolic OH excluding ortho intramolecular Hbond substituents is 1. The van der Waals surface area contributed by atoms with Crippen LogP contribution in [0.1, 0.15) is 74.7 Å². The summed E-state index contributed by atoms with van der Waals surface area (Å²) >= 11 is 6.86. The second-order valence-electron chi connectivity index (χ2n) is 26.1. The molecule has 0 bridgehead atoms. The van der Waals surface area contributed by atoms with Gasteiger partial charge in [0.2, 0.25) is 0 Å². The van der Waals surface area contributed by atoms with Gasteiger partial charge in [-0.1, -0.05) is 72.8 Å². The molecular weight excluding hydrogens is 1670 g/mol. The molecule has 2 aromatic heterocycles. The lowest BCUT2D eigenvalue weighted by Gasteiger charge is -2.14. The number of ether oxygens (including phenoxy) is 9. The Morgan fingerprint density at radius 1 is 0.429 bits per heavy atom. The van der Waals surface area contributed by atoms with Crippen molar-refractivity contribution >= 4 is 108 Å². The van der Waals surface area contributed by atoms with Crippen LogP contribution < -0.4 is 37.9 Å². The molecule has 3 aliphatic heterocycles. The van der Waals surface area contributed by atoms with E-state index in [9.17, 15) is 19.5 Å². The van der Waals surface area contributed by atoms with Crippen molar-refractivity contribution in [1.82, 2.24) is 0 Å². The van der Waals surface area contributed by atoms with Crippen LogP contribution in [0.25, 0.3) is 33.1 Å². The normalized spacial score (nSPS) is 19.2. The number of aromatic hydroxyl groups is 1. The van der Waals surface area contributed by atoms with Crippen molar-refractivity contribution in [2.24, 2.45) is 17.8 Å². The summed E-state index contributed by atoms with van der Waals surface area (Å²) in [6, 6.07) is 69.1. The van der Waals surface area contributed by atoms with E-state index < -0.39 is 17.9 Å². The summed E-state index contributed by atoms with van der Waals surface area (Å²) in [5.41, 5.74) is 13.8. The van der Waals surface area contributed by atoms with Gasteiger partial charge < -0.3 is 66.8 Å². The van der Waals surface area contributed by atoms with Gasteiger partial charge >= 0.3 is 17.9 Å². The lowest BCUT2D eigenvalue weighted by Crippen LogP contribution is -2.13. The first-order chi connectivity index (χ1) is 50.9. The third kappa shape index (κ3) is 16.8. The van der Waals surface area contributed by atoms with Gasteiger partial charge in [-0.2, -0.15) is 0 Å². The molecular formula is C85H71I3O17. The third-order valence-electron chi connectivity index (χ3n) is 18.9. The van der Waals surface area contributed by atoms with Gasteiger partial charge in [-0.25, -0.2) is 0 Å². The highest BCUT2D eigenvalue weighted by Gasteiger charge is 2.65. The molecule has 18 rings (SSSR count). The maximum Gasteiger partial charge on any atom is 0.313 e. The molecule has 3 aliphatic carbocycles. The molecule has 0 saturated heterocycles. The van der Waals surface area contributed by atoms with Crippen molar-refractivity contribution in [1.29, 1.82) is 0 Å². The number of carbonyl (C=O) groups is 3. The van der Waals surface area contributed by atoms with E-state index in [0.717, 1.165) is 101 Å². The van der Waals surface area contributed by atoms with Gasteiger partial charge in [0.1, 0.15) is 125 Å². The highest BCUT2D eigenvalue weighted by Crippen LogP contribution is 2.61. The molecule has 105 heavy (non-hydrogen) atoms. The number of hydrogen-bond donors (Lipinski definition) is 3. The van der Waals surface area contributed by atoms with Crippen LogP contribution in [0.2, 0.25) is 0 Å². The smallest absolute Gasteiger partial charge is 0.313 e. The summed E-state index contributed by atoms with van der Waals surface area (Å²) < 4.78 is 65.3. The highest BCUT2D eigenvalue weighted by molar-refractivity contribution is 14.1. The standard InChI is InChI=1S/C26H24O5.C19H17IO4.C17H13IO4.C15H11IO2.C8H6O2/c1-14-9-19(29-3)10-15(2)22(14)17-6-4-5-16(11-17)13-30-18-7-8-20-21(12-18)31-25-23(20)24(25)26(27)28;1-2-22-19(21)17-16-14-7-6-13(9-15(14)24-18(16)17)23-10-11-4-3-5-12(20)8-11;18-10-3-1-2-9(6-10)8-21-11-4-5-12-13(7-11)22-16-14(12)15(16)17(19)20;16-13-3-1-2-11(8-13)10-18-14-5-4-12-6-7-17-15(12)9-14;9-7-2-1-6-3-4-10-8(6)5-7/h4-12,23-25H,13H2,1-3H3,(H,27,28);3-9,16-18H,2,10H2,1H3;1-7,14-16H,8H2,(H,19,20);1-9H,10H2;1-5,9H/t23-,24-,25-;16-,17-,18-;14-,15-,16-;;/m111../s1. The molecule has 12 aromatic rings. The van der Waals surface area contributed by atoms with Crippen LogP contribution in [0.15, 0.2) is 234 Å². The Labute approximate surface area is 646 Å². The second-order valence-corrected chi connectivity index (χ2v) is 29.8. The predicted molar refractivity (Wildman–Crippen MR) is 420 cm³/mol. The van der Waals surface area contributed by atoms with Crippen LogP contribution in [0.5, 0.6) is 51.7 Å². The number of fused-ring (bicyclic) bond motifs is 11. The number of halogens is 3. The number of carboxylic acid groups (broad SMARTS) is 2. The van der Waals surface area contributed by atoms with E-state index in [4.69, 9.17) is 61.7 Å². The van der Waals surface area contributed by atoms with Crippen LogP contribution in [0, 0.1) is 42.3 Å². The minimum atomic E-state index is -0.789. The Kier molecular flexibility index (Phi) is 21.8. The molecule has 0 unspecified atom stereocenters. The highest BCUT2D eigenvalue weighted by atomic mass is 127. The van der Waals surface area contributed by atoms with Crippen LogP contribution in [-0.2, 0) is 45.5 Å². The van der Waals surface area contributed by atoms with Crippen molar-refractivity contribution in [3.8, 4) is 62.9 Å². The molecule has 10 aromatic carbocycles. The van der Waals surface area contributed by atoms with Gasteiger partial charge in [-0.15, -0.1) is 0 Å². The number of furan rings is 2. The number of methoxy groups -OCH3 is 1. The predicted octanol–water partition coefficient (Wildman–Crippen LogP) is 19.2. The minimum Gasteiger partial charge on any atom is -0.508 e. The van der Waals surface area contributed by atoms with Gasteiger partial charge in [-0.3, -0.25) is 14.4 Å². The van der Waals surface area contributed by atoms with Crippen LogP contribution in [-0.4, -0.2) is 65.3 Å². The number of carboxylic acids is 2. The number of aliphatic carboxylic acids is 2. The van der Waals surface area contributed by atoms with Gasteiger partial charge in [0.15, 0.2) is 0 Å². The first-order valence-corrected chi connectivity index (χ1v) is 37.3. The Balaban J connectivity index is 0.000000114. The molecule has 3 fully saturated rings. The van der Waals surface area contributed by atoms with Crippen molar-refractivity contribution in [3.63, 3.8) is 0 Å². The van der Waals surface area contributed by atoms with Gasteiger partial charge in [0.25, 0.3) is 0 Å². The lowest BCUT2D eigenvalue weighted by molar-refractivity contribution is -0.145. The van der Waals surface area contributed by atoms with Crippen LogP contribution in [0.4, 0.5) is 0 Å². The third-order valence-corrected chi connectivity index (χ3v) is 20.9. The number of hydrogen-bond acceptors (Lipinski definition) is 15. The second kappa shape index (κ2) is 31.8. The number of phenols is 1. The van der Waals surface area contributed by atoms with Gasteiger partial charge in [-0.05, 0) is 242 Å². The van der Waals surface area contributed by atoms with Crippen molar-refractivity contribution in [3.05, 3.63) is 286 Å². The summed E-state index contributed by atoms with van der Waals surface area (Å²) in [5, 5.41) is 29.4. The zero-order valence-corrected chi connectivity index (χ0v) is 63.8. The van der Waals surface area contributed by atoms with Gasteiger partial charge in [0, 0.05) is 86.3 Å². The largest absolute Gasteiger partial charge is 0.508 e. The van der Waals surface area contributed by atoms with E-state index in [1.807, 2.05) is 146 Å². The maximum absolute atomic E-state index is 11.9. The van der Waals surface area contributed by atoms with E-state index in [1.54, 1.807) is 31.8 Å². The molecule has 17 nitrogen and oxygen atoms in total. The summed E-state index contributed by atoms with van der Waals surface area (Å²) in [4.78, 5) is 34.1. The quantitative estimate of drug-likeness (QED) is 0.0537. The molecule has 3 saturated carbocycles. The number of rotatable bonds is 18. The van der Waals surface area contributed by atoms with Crippen LogP contribution in [0.3, 0.4) is 0 Å². The zero-order chi connectivity index (χ0) is 73.0. The minimum absolute atomic E-state index is 0.0113. The van der Waals surface area contributed by atoms with E-state index in [0.29, 0.717) is 38.8 Å².